The van der Waals surface area contributed by atoms with Gasteiger partial charge in [-0.2, -0.15) is 0 Å². The molecule has 0 saturated carbocycles. The molecule has 0 bridgehead atoms. The summed E-state index contributed by atoms with van der Waals surface area (Å²) in [6, 6.07) is 0. The molecule has 0 unspecified atom stereocenters. The highest BCUT2D eigenvalue weighted by molar-refractivity contribution is 5.86. The van der Waals surface area contributed by atoms with Crippen molar-refractivity contribution in [2.45, 2.75) is 83.7 Å². The number of carboxylic acids is 2. The molecule has 0 aromatic heterocycles. The van der Waals surface area contributed by atoms with E-state index in [4.69, 9.17) is 10.2 Å². The fourth-order valence-electron chi connectivity index (χ4n) is 2.03. The molecule has 0 aromatic carbocycles. The van der Waals surface area contributed by atoms with Gasteiger partial charge in [-0.05, 0) is 40.5 Å². The van der Waals surface area contributed by atoms with E-state index in [1.807, 2.05) is 0 Å². The van der Waals surface area contributed by atoms with E-state index in [1.54, 1.807) is 0 Å². The first kappa shape index (κ1) is 22.9. The molecule has 25 heavy (non-hydrogen) atoms. The summed E-state index contributed by atoms with van der Waals surface area (Å²) in [5.41, 5.74) is -2.54. The SMILES string of the molecule is CC(C)(NC(=O)CCCCCCCC(=O)NC(C)(C)C(=O)O)C(=O)O. The summed E-state index contributed by atoms with van der Waals surface area (Å²) < 4.78 is 0. The maximum atomic E-state index is 11.7. The average molecular weight is 358 g/mol. The van der Waals surface area contributed by atoms with Gasteiger partial charge in [0.15, 0.2) is 0 Å². The van der Waals surface area contributed by atoms with Gasteiger partial charge in [-0.1, -0.05) is 19.3 Å². The molecule has 0 aliphatic heterocycles. The minimum atomic E-state index is -1.27. The fraction of sp³-hybridized carbons (Fsp3) is 0.765. The molecule has 4 N–H and O–H groups in total. The first-order valence-corrected chi connectivity index (χ1v) is 8.47. The highest BCUT2D eigenvalue weighted by Gasteiger charge is 2.29. The molecule has 0 spiro atoms. The Balaban J connectivity index is 3.78. The van der Waals surface area contributed by atoms with Crippen molar-refractivity contribution in [3.63, 3.8) is 0 Å². The fourth-order valence-corrected chi connectivity index (χ4v) is 2.03. The van der Waals surface area contributed by atoms with Gasteiger partial charge >= 0.3 is 11.9 Å². The summed E-state index contributed by atoms with van der Waals surface area (Å²) in [6.45, 7) is 5.74. The maximum Gasteiger partial charge on any atom is 0.328 e. The highest BCUT2D eigenvalue weighted by atomic mass is 16.4. The third kappa shape index (κ3) is 9.69. The summed E-state index contributed by atoms with van der Waals surface area (Å²) in [5, 5.41) is 22.8. The molecule has 0 rings (SSSR count). The predicted molar refractivity (Wildman–Crippen MR) is 92.0 cm³/mol. The van der Waals surface area contributed by atoms with Crippen LogP contribution in [-0.2, 0) is 19.2 Å². The summed E-state index contributed by atoms with van der Waals surface area (Å²) in [4.78, 5) is 45.1. The van der Waals surface area contributed by atoms with Gasteiger partial charge in [-0.15, -0.1) is 0 Å². The normalized spacial score (nSPS) is 11.7. The molecule has 0 heterocycles. The molecule has 0 fully saturated rings. The maximum absolute atomic E-state index is 11.7. The third-order valence-electron chi connectivity index (χ3n) is 3.78. The van der Waals surface area contributed by atoms with E-state index in [0.717, 1.165) is 19.3 Å². The lowest BCUT2D eigenvalue weighted by Crippen LogP contribution is -2.49. The highest BCUT2D eigenvalue weighted by Crippen LogP contribution is 2.10. The van der Waals surface area contributed by atoms with E-state index in [2.05, 4.69) is 10.6 Å². The van der Waals surface area contributed by atoms with E-state index >= 15 is 0 Å². The molecule has 0 saturated heterocycles. The molecule has 144 valence electrons. The van der Waals surface area contributed by atoms with E-state index in [0.29, 0.717) is 12.8 Å². The monoisotopic (exact) mass is 358 g/mol. The van der Waals surface area contributed by atoms with Crippen LogP contribution in [0.5, 0.6) is 0 Å². The molecule has 0 radical (unpaired) electrons. The van der Waals surface area contributed by atoms with Crippen LogP contribution in [0.3, 0.4) is 0 Å². The topological polar surface area (TPSA) is 133 Å². The number of rotatable bonds is 12. The number of carboxylic acid groups (broad SMARTS) is 2. The van der Waals surface area contributed by atoms with Crippen molar-refractivity contribution in [3.8, 4) is 0 Å². The number of nitrogens with one attached hydrogen (secondary N) is 2. The lowest BCUT2D eigenvalue weighted by atomic mass is 10.0. The summed E-state index contributed by atoms with van der Waals surface area (Å²) in [5.74, 6) is -2.74. The van der Waals surface area contributed by atoms with E-state index < -0.39 is 23.0 Å². The molecule has 8 nitrogen and oxygen atoms in total. The average Bonchev–Trinajstić information content (AvgIpc) is 2.44. The van der Waals surface area contributed by atoms with Gasteiger partial charge in [0, 0.05) is 12.8 Å². The summed E-state index contributed by atoms with van der Waals surface area (Å²) >= 11 is 0. The number of unbranched alkanes of at least 4 members (excludes halogenated alkanes) is 4. The molecule has 8 heteroatoms. The van der Waals surface area contributed by atoms with Crippen LogP contribution in [0.25, 0.3) is 0 Å². The smallest absolute Gasteiger partial charge is 0.328 e. The second kappa shape index (κ2) is 10.0. The number of amides is 2. The lowest BCUT2D eigenvalue weighted by Gasteiger charge is -2.21. The van der Waals surface area contributed by atoms with Gasteiger partial charge in [0.2, 0.25) is 11.8 Å². The Morgan fingerprint density at radius 3 is 1.20 bits per heavy atom. The van der Waals surface area contributed by atoms with E-state index in [1.165, 1.54) is 27.7 Å². The predicted octanol–water partition coefficient (Wildman–Crippen LogP) is 1.68. The quantitative estimate of drug-likeness (QED) is 0.392. The molecular weight excluding hydrogens is 328 g/mol. The summed E-state index contributed by atoms with van der Waals surface area (Å²) in [6.07, 6.45) is 4.31. The standard InChI is InChI=1S/C17H30N2O6/c1-16(2,14(22)23)18-12(20)10-8-6-5-7-9-11-13(21)19-17(3,4)15(24)25/h5-11H2,1-4H3,(H,18,20)(H,19,21)(H,22,23)(H,24,25). The number of carbonyl (C=O) groups excluding carboxylic acids is 2. The largest absolute Gasteiger partial charge is 0.480 e. The van der Waals surface area contributed by atoms with Crippen LogP contribution in [0.4, 0.5) is 0 Å². The van der Waals surface area contributed by atoms with Crippen LogP contribution < -0.4 is 10.6 Å². The minimum absolute atomic E-state index is 0.268. The van der Waals surface area contributed by atoms with Crippen molar-refractivity contribution in [2.75, 3.05) is 0 Å². The Morgan fingerprint density at radius 2 is 0.920 bits per heavy atom. The number of aliphatic carboxylic acids is 2. The van der Waals surface area contributed by atoms with Crippen LogP contribution in [0.2, 0.25) is 0 Å². The van der Waals surface area contributed by atoms with Gasteiger partial charge in [-0.3, -0.25) is 9.59 Å². The van der Waals surface area contributed by atoms with Crippen molar-refractivity contribution in [2.24, 2.45) is 0 Å². The van der Waals surface area contributed by atoms with Crippen molar-refractivity contribution in [1.29, 1.82) is 0 Å². The van der Waals surface area contributed by atoms with Crippen LogP contribution in [-0.4, -0.2) is 45.0 Å². The molecule has 0 aliphatic rings. The van der Waals surface area contributed by atoms with Crippen LogP contribution in [0, 0.1) is 0 Å². The Hall–Kier alpha value is -2.12. The van der Waals surface area contributed by atoms with Crippen LogP contribution in [0.15, 0.2) is 0 Å². The Labute approximate surface area is 148 Å². The lowest BCUT2D eigenvalue weighted by molar-refractivity contribution is -0.146. The van der Waals surface area contributed by atoms with Crippen molar-refractivity contribution in [3.05, 3.63) is 0 Å². The molecule has 0 aromatic rings. The van der Waals surface area contributed by atoms with Crippen molar-refractivity contribution in [1.82, 2.24) is 10.6 Å². The zero-order valence-electron chi connectivity index (χ0n) is 15.5. The Bertz CT molecular complexity index is 455. The van der Waals surface area contributed by atoms with E-state index in [9.17, 15) is 19.2 Å². The van der Waals surface area contributed by atoms with Gasteiger partial charge in [-0.25, -0.2) is 9.59 Å². The van der Waals surface area contributed by atoms with Crippen molar-refractivity contribution >= 4 is 23.8 Å². The second-order valence-corrected chi connectivity index (χ2v) is 7.22. The Kier molecular flexibility index (Phi) is 9.16. The van der Waals surface area contributed by atoms with Crippen molar-refractivity contribution < 1.29 is 29.4 Å². The van der Waals surface area contributed by atoms with Gasteiger partial charge < -0.3 is 20.8 Å². The van der Waals surface area contributed by atoms with Gasteiger partial charge in [0.25, 0.3) is 0 Å². The summed E-state index contributed by atoms with van der Waals surface area (Å²) in [7, 11) is 0. The zero-order valence-corrected chi connectivity index (χ0v) is 15.5. The second-order valence-electron chi connectivity index (χ2n) is 7.22. The third-order valence-corrected chi connectivity index (χ3v) is 3.78. The Morgan fingerprint density at radius 1 is 0.640 bits per heavy atom. The molecular formula is C17H30N2O6. The number of hydrogen-bond donors (Lipinski definition) is 4. The van der Waals surface area contributed by atoms with Gasteiger partial charge in [0.1, 0.15) is 11.1 Å². The zero-order chi connectivity index (χ0) is 19.7. The van der Waals surface area contributed by atoms with Crippen LogP contribution in [0.1, 0.15) is 72.6 Å². The minimum Gasteiger partial charge on any atom is -0.480 e. The first-order chi connectivity index (χ1) is 11.4. The molecule has 0 aliphatic carbocycles. The van der Waals surface area contributed by atoms with Crippen LogP contribution >= 0.6 is 0 Å². The first-order valence-electron chi connectivity index (χ1n) is 8.47. The molecule has 0 atom stereocenters. The van der Waals surface area contributed by atoms with Gasteiger partial charge in [0.05, 0.1) is 0 Å². The molecule has 2 amide bonds. The number of carbonyl (C=O) groups is 4. The number of hydrogen-bond acceptors (Lipinski definition) is 4. The van der Waals surface area contributed by atoms with E-state index in [-0.39, 0.29) is 24.7 Å².